The van der Waals surface area contributed by atoms with Crippen LogP contribution in [-0.4, -0.2) is 21.9 Å². The fraction of sp³-hybridized carbons (Fsp3) is 0.125. The van der Waals surface area contributed by atoms with Gasteiger partial charge in [-0.15, -0.1) is 10.2 Å². The van der Waals surface area contributed by atoms with Gasteiger partial charge in [0.1, 0.15) is 5.75 Å². The van der Waals surface area contributed by atoms with E-state index in [4.69, 9.17) is 4.74 Å². The van der Waals surface area contributed by atoms with Crippen LogP contribution in [0.3, 0.4) is 0 Å². The monoisotopic (exact) mass is 412 g/mol. The van der Waals surface area contributed by atoms with Crippen molar-refractivity contribution >= 4 is 11.8 Å². The van der Waals surface area contributed by atoms with Gasteiger partial charge in [0.15, 0.2) is 11.0 Å². The van der Waals surface area contributed by atoms with Crippen molar-refractivity contribution in [3.05, 3.63) is 83.9 Å². The lowest BCUT2D eigenvalue weighted by Gasteiger charge is -2.07. The fourth-order valence-corrected chi connectivity index (χ4v) is 4.06. The van der Waals surface area contributed by atoms with Crippen molar-refractivity contribution in [1.82, 2.24) is 14.8 Å². The van der Waals surface area contributed by atoms with E-state index < -0.39 is 0 Å². The summed E-state index contributed by atoms with van der Waals surface area (Å²) in [4.78, 5) is 0. The fourth-order valence-electron chi connectivity index (χ4n) is 3.19. The van der Waals surface area contributed by atoms with Crippen LogP contribution in [0, 0.1) is 11.3 Å². The van der Waals surface area contributed by atoms with Crippen molar-refractivity contribution < 1.29 is 4.74 Å². The molecule has 0 atom stereocenters. The molecule has 0 spiro atoms. The van der Waals surface area contributed by atoms with E-state index in [0.717, 1.165) is 39.2 Å². The summed E-state index contributed by atoms with van der Waals surface area (Å²) in [6.45, 7) is 0. The Morgan fingerprint density at radius 1 is 0.933 bits per heavy atom. The maximum absolute atomic E-state index is 9.31. The highest BCUT2D eigenvalue weighted by Crippen LogP contribution is 2.28. The molecule has 3 aromatic carbocycles. The number of hydrogen-bond acceptors (Lipinski definition) is 5. The van der Waals surface area contributed by atoms with E-state index in [1.807, 2.05) is 60.1 Å². The van der Waals surface area contributed by atoms with Gasteiger partial charge < -0.3 is 9.30 Å². The molecule has 0 bridgehead atoms. The molecule has 0 radical (unpaired) electrons. The summed E-state index contributed by atoms with van der Waals surface area (Å²) < 4.78 is 7.22. The molecule has 0 unspecified atom stereocenters. The van der Waals surface area contributed by atoms with Crippen LogP contribution in [0.2, 0.25) is 0 Å². The van der Waals surface area contributed by atoms with E-state index in [0.29, 0.717) is 5.56 Å². The third kappa shape index (κ3) is 4.07. The smallest absolute Gasteiger partial charge is 0.191 e. The second kappa shape index (κ2) is 8.85. The first kappa shape index (κ1) is 19.7. The zero-order valence-corrected chi connectivity index (χ0v) is 17.6. The summed E-state index contributed by atoms with van der Waals surface area (Å²) in [5.74, 6) is 2.43. The zero-order valence-electron chi connectivity index (χ0n) is 16.7. The highest BCUT2D eigenvalue weighted by molar-refractivity contribution is 7.98. The Morgan fingerprint density at radius 3 is 2.33 bits per heavy atom. The average molecular weight is 413 g/mol. The van der Waals surface area contributed by atoms with E-state index in [1.165, 1.54) is 5.56 Å². The van der Waals surface area contributed by atoms with E-state index in [-0.39, 0.29) is 0 Å². The Balaban J connectivity index is 1.46. The minimum atomic E-state index is 0.685. The number of hydrogen-bond donors (Lipinski definition) is 0. The molecule has 0 amide bonds. The summed E-state index contributed by atoms with van der Waals surface area (Å²) >= 11 is 1.64. The molecule has 0 fully saturated rings. The van der Waals surface area contributed by atoms with E-state index in [1.54, 1.807) is 18.9 Å². The molecule has 0 aliphatic rings. The summed E-state index contributed by atoms with van der Waals surface area (Å²) in [6.07, 6.45) is 0. The normalized spacial score (nSPS) is 10.6. The molecular formula is C24H20N4OS. The minimum Gasteiger partial charge on any atom is -0.497 e. The standard InChI is InChI=1S/C24H20N4OS/c1-28-23(19-11-13-21(29-2)14-12-19)26-27-24(28)30-16-17-7-9-18(10-8-17)22-6-4-3-5-20(22)15-25/h3-14H,16H2,1-2H3. The van der Waals surface area contributed by atoms with Gasteiger partial charge in [0.2, 0.25) is 0 Å². The molecule has 1 aromatic heterocycles. The predicted octanol–water partition coefficient (Wildman–Crippen LogP) is 5.32. The Bertz CT molecular complexity index is 1190. The minimum absolute atomic E-state index is 0.685. The van der Waals surface area contributed by atoms with Crippen LogP contribution < -0.4 is 4.74 Å². The van der Waals surface area contributed by atoms with E-state index in [2.05, 4.69) is 40.5 Å². The van der Waals surface area contributed by atoms with Gasteiger partial charge in [-0.1, -0.05) is 54.2 Å². The molecule has 0 saturated carbocycles. The van der Waals surface area contributed by atoms with Crippen molar-refractivity contribution in [2.24, 2.45) is 7.05 Å². The summed E-state index contributed by atoms with van der Waals surface area (Å²) in [6, 6.07) is 26.0. The van der Waals surface area contributed by atoms with Crippen LogP contribution >= 0.6 is 11.8 Å². The molecule has 4 rings (SSSR count). The topological polar surface area (TPSA) is 63.7 Å². The molecule has 0 aliphatic carbocycles. The lowest BCUT2D eigenvalue weighted by atomic mass is 10.00. The number of thioether (sulfide) groups is 1. The first-order valence-corrected chi connectivity index (χ1v) is 10.4. The van der Waals surface area contributed by atoms with Crippen molar-refractivity contribution in [2.75, 3.05) is 7.11 Å². The van der Waals surface area contributed by atoms with Crippen molar-refractivity contribution in [3.8, 4) is 34.3 Å². The van der Waals surface area contributed by atoms with E-state index >= 15 is 0 Å². The lowest BCUT2D eigenvalue weighted by molar-refractivity contribution is 0.415. The van der Waals surface area contributed by atoms with Gasteiger partial charge in [-0.2, -0.15) is 5.26 Å². The second-order valence-electron chi connectivity index (χ2n) is 6.74. The van der Waals surface area contributed by atoms with Crippen molar-refractivity contribution in [1.29, 1.82) is 5.26 Å². The van der Waals surface area contributed by atoms with Gasteiger partial charge in [-0.25, -0.2) is 0 Å². The van der Waals surface area contributed by atoms with Gasteiger partial charge in [0, 0.05) is 18.4 Å². The van der Waals surface area contributed by atoms with Crippen LogP contribution in [0.5, 0.6) is 5.75 Å². The number of aromatic nitrogens is 3. The Hall–Kier alpha value is -3.56. The molecule has 30 heavy (non-hydrogen) atoms. The number of benzene rings is 3. The van der Waals surface area contributed by atoms with E-state index in [9.17, 15) is 5.26 Å². The number of nitrogens with zero attached hydrogens (tertiary/aromatic N) is 4. The number of rotatable bonds is 6. The summed E-state index contributed by atoms with van der Waals surface area (Å²) in [5.41, 5.74) is 4.87. The van der Waals surface area contributed by atoms with Gasteiger partial charge in [-0.05, 0) is 47.0 Å². The zero-order chi connectivity index (χ0) is 20.9. The predicted molar refractivity (Wildman–Crippen MR) is 119 cm³/mol. The van der Waals surface area contributed by atoms with Crippen molar-refractivity contribution in [2.45, 2.75) is 10.9 Å². The van der Waals surface area contributed by atoms with Crippen molar-refractivity contribution in [3.63, 3.8) is 0 Å². The quantitative estimate of drug-likeness (QED) is 0.401. The lowest BCUT2D eigenvalue weighted by Crippen LogP contribution is -1.95. The molecule has 148 valence electrons. The van der Waals surface area contributed by atoms with Crippen LogP contribution in [0.25, 0.3) is 22.5 Å². The number of methoxy groups -OCH3 is 1. The first-order valence-electron chi connectivity index (χ1n) is 9.44. The maximum atomic E-state index is 9.31. The number of nitriles is 1. The third-order valence-corrected chi connectivity index (χ3v) is 5.95. The SMILES string of the molecule is COc1ccc(-c2nnc(SCc3ccc(-c4ccccc4C#N)cc3)n2C)cc1. The maximum Gasteiger partial charge on any atom is 0.191 e. The van der Waals surface area contributed by atoms with Crippen LogP contribution in [-0.2, 0) is 12.8 Å². The Kier molecular flexibility index (Phi) is 5.82. The molecule has 0 saturated heterocycles. The second-order valence-corrected chi connectivity index (χ2v) is 7.68. The Labute approximate surface area is 180 Å². The van der Waals surface area contributed by atoms with Gasteiger partial charge in [0.05, 0.1) is 18.7 Å². The molecule has 1 heterocycles. The molecule has 6 heteroatoms. The van der Waals surface area contributed by atoms with Crippen LogP contribution in [0.1, 0.15) is 11.1 Å². The molecule has 5 nitrogen and oxygen atoms in total. The van der Waals surface area contributed by atoms with Gasteiger partial charge >= 0.3 is 0 Å². The number of ether oxygens (including phenoxy) is 1. The average Bonchev–Trinajstić information content (AvgIpc) is 3.18. The van der Waals surface area contributed by atoms with Gasteiger partial charge in [0.25, 0.3) is 0 Å². The van der Waals surface area contributed by atoms with Crippen LogP contribution in [0.15, 0.2) is 78.0 Å². The largest absolute Gasteiger partial charge is 0.497 e. The van der Waals surface area contributed by atoms with Gasteiger partial charge in [-0.3, -0.25) is 0 Å². The highest BCUT2D eigenvalue weighted by atomic mass is 32.2. The molecule has 0 aliphatic heterocycles. The Morgan fingerprint density at radius 2 is 1.63 bits per heavy atom. The third-order valence-electron chi connectivity index (χ3n) is 4.86. The molecule has 0 N–H and O–H groups in total. The van der Waals surface area contributed by atoms with Crippen LogP contribution in [0.4, 0.5) is 0 Å². The first-order chi connectivity index (χ1) is 14.7. The molecule has 4 aromatic rings. The summed E-state index contributed by atoms with van der Waals surface area (Å²) in [5, 5.41) is 18.9. The summed E-state index contributed by atoms with van der Waals surface area (Å²) in [7, 11) is 3.63. The highest BCUT2D eigenvalue weighted by Gasteiger charge is 2.12. The molecular weight excluding hydrogens is 392 g/mol.